The molecule has 0 N–H and O–H groups in total. The molecule has 0 aromatic heterocycles. The second-order valence-corrected chi connectivity index (χ2v) is 10.3. The van der Waals surface area contributed by atoms with Gasteiger partial charge in [-0.2, -0.15) is 12.1 Å². The van der Waals surface area contributed by atoms with Crippen molar-refractivity contribution in [3.05, 3.63) is 70.8 Å². The number of rotatable bonds is 5. The Morgan fingerprint density at radius 1 is 0.700 bits per heavy atom. The summed E-state index contributed by atoms with van der Waals surface area (Å²) >= 11 is 0. The van der Waals surface area contributed by atoms with Crippen molar-refractivity contribution < 1.29 is 35.6 Å². The van der Waals surface area contributed by atoms with Crippen LogP contribution >= 0.6 is 7.92 Å². The topological polar surface area (TPSA) is 0 Å². The van der Waals surface area contributed by atoms with Crippen molar-refractivity contribution in [3.63, 3.8) is 0 Å². The van der Waals surface area contributed by atoms with Crippen molar-refractivity contribution >= 4 is 40.1 Å². The number of fused-ring (bicyclic) bond motifs is 2. The normalized spacial score (nSPS) is 10.7. The Bertz CT molecular complexity index is 959. The van der Waals surface area contributed by atoms with Crippen LogP contribution in [0.15, 0.2) is 48.5 Å². The Morgan fingerprint density at radius 2 is 1.10 bits per heavy atom. The van der Waals surface area contributed by atoms with Gasteiger partial charge in [-0.15, -0.1) is 67.5 Å². The average Bonchev–Trinajstić information content (AvgIpc) is 3.28. The van der Waals surface area contributed by atoms with Gasteiger partial charge in [0.15, 0.2) is 0 Å². The molecule has 0 fully saturated rings. The van der Waals surface area contributed by atoms with Gasteiger partial charge in [-0.1, -0.05) is 58.4 Å². The van der Waals surface area contributed by atoms with Gasteiger partial charge in [0.05, 0.1) is 0 Å². The zero-order valence-electron chi connectivity index (χ0n) is 18.4. The van der Waals surface area contributed by atoms with Crippen LogP contribution in [0.5, 0.6) is 0 Å². The number of aryl methyl sites for hydroxylation is 4. The van der Waals surface area contributed by atoms with E-state index in [-0.39, 0.29) is 43.5 Å². The first kappa shape index (κ1) is 26.9. The van der Waals surface area contributed by atoms with Crippen LogP contribution in [0.1, 0.15) is 42.0 Å². The summed E-state index contributed by atoms with van der Waals surface area (Å²) in [5.74, 6) is 0. The van der Waals surface area contributed by atoms with Gasteiger partial charge in [0, 0.05) is 0 Å². The van der Waals surface area contributed by atoms with Crippen molar-refractivity contribution in [2.45, 2.75) is 47.5 Å². The predicted octanol–water partition coefficient (Wildman–Crippen LogP) is 0.903. The smallest absolute Gasteiger partial charge is 1.00 e. The van der Waals surface area contributed by atoms with E-state index >= 15 is 0 Å². The van der Waals surface area contributed by atoms with Gasteiger partial charge >= 0.3 is 26.2 Å². The fourth-order valence-electron chi connectivity index (χ4n) is 4.19. The summed E-state index contributed by atoms with van der Waals surface area (Å²) in [6.45, 7) is 11.3. The summed E-state index contributed by atoms with van der Waals surface area (Å²) in [6.07, 6.45) is 3.84. The van der Waals surface area contributed by atoms with Crippen LogP contribution in [0.2, 0.25) is 0 Å². The van der Waals surface area contributed by atoms with Gasteiger partial charge in [0.25, 0.3) is 0 Å². The zero-order chi connectivity index (χ0) is 19.1. The minimum Gasteiger partial charge on any atom is -1.00 e. The first-order valence-corrected chi connectivity index (χ1v) is 11.6. The Morgan fingerprint density at radius 3 is 1.47 bits per heavy atom. The third-order valence-electron chi connectivity index (χ3n) is 5.97. The molecule has 0 aliphatic rings. The van der Waals surface area contributed by atoms with Crippen molar-refractivity contribution in [3.8, 4) is 0 Å². The summed E-state index contributed by atoms with van der Waals surface area (Å²) in [5, 5.41) is 8.87. The number of benzene rings is 2. The fraction of sp³-hybridized carbons (Fsp3) is 0.308. The Kier molecular flexibility index (Phi) is 9.78. The molecule has 0 bridgehead atoms. The van der Waals surface area contributed by atoms with Crippen LogP contribution in [0.4, 0.5) is 0 Å². The number of unbranched alkanes of at least 4 members (excludes halogenated alkanes) is 1. The summed E-state index contributed by atoms with van der Waals surface area (Å²) in [4.78, 5) is 0. The van der Waals surface area contributed by atoms with E-state index < -0.39 is 0 Å². The van der Waals surface area contributed by atoms with E-state index in [1.807, 2.05) is 0 Å². The van der Waals surface area contributed by atoms with E-state index in [0.717, 1.165) is 0 Å². The van der Waals surface area contributed by atoms with Crippen LogP contribution in [0.25, 0.3) is 21.5 Å². The number of hydrogen-bond donors (Lipinski definition) is 0. The molecule has 0 amide bonds. The molecule has 0 radical (unpaired) electrons. The van der Waals surface area contributed by atoms with Crippen LogP contribution in [0.3, 0.4) is 0 Å². The molecule has 0 heterocycles. The summed E-state index contributed by atoms with van der Waals surface area (Å²) in [5.41, 5.74) is 5.58. The second kappa shape index (κ2) is 10.9. The van der Waals surface area contributed by atoms with Crippen LogP contribution in [0, 0.1) is 27.7 Å². The predicted molar refractivity (Wildman–Crippen MR) is 124 cm³/mol. The molecular formula is C26H29F2PZr. The SMILES string of the molecule is CCCCP(c1cc2c(C)ccc(C)c2[cH-]1)c1cc2c(C)ccc(C)c2[cH-]1.[F-].[F-].[Zr+4]. The molecule has 0 unspecified atom stereocenters. The van der Waals surface area contributed by atoms with Gasteiger partial charge < -0.3 is 9.41 Å². The molecule has 0 nitrogen and oxygen atoms in total. The molecule has 4 rings (SSSR count). The van der Waals surface area contributed by atoms with E-state index in [1.54, 1.807) is 10.6 Å². The molecule has 0 atom stereocenters. The molecule has 0 saturated carbocycles. The largest absolute Gasteiger partial charge is 4.00 e. The van der Waals surface area contributed by atoms with Crippen LogP contribution in [-0.2, 0) is 26.2 Å². The molecule has 4 aromatic carbocycles. The minimum absolute atomic E-state index is 0. The van der Waals surface area contributed by atoms with Gasteiger partial charge in [-0.25, -0.2) is 0 Å². The van der Waals surface area contributed by atoms with Crippen LogP contribution in [-0.4, -0.2) is 6.16 Å². The van der Waals surface area contributed by atoms with Crippen molar-refractivity contribution in [1.29, 1.82) is 0 Å². The van der Waals surface area contributed by atoms with Crippen molar-refractivity contribution in [2.75, 3.05) is 6.16 Å². The molecule has 156 valence electrons. The monoisotopic (exact) mass is 500 g/mol. The Hall–Kier alpha value is -1.17. The zero-order valence-corrected chi connectivity index (χ0v) is 21.8. The maximum Gasteiger partial charge on any atom is 4.00 e. The summed E-state index contributed by atoms with van der Waals surface area (Å²) in [7, 11) is -0.300. The molecule has 30 heavy (non-hydrogen) atoms. The third kappa shape index (κ3) is 4.84. The molecule has 0 aliphatic carbocycles. The maximum absolute atomic E-state index is 2.48. The third-order valence-corrected chi connectivity index (χ3v) is 8.50. The van der Waals surface area contributed by atoms with Crippen molar-refractivity contribution in [2.24, 2.45) is 0 Å². The van der Waals surface area contributed by atoms with E-state index in [1.165, 1.54) is 62.8 Å². The maximum atomic E-state index is 2.48. The average molecular weight is 502 g/mol. The fourth-order valence-corrected chi connectivity index (χ4v) is 6.77. The molecule has 0 spiro atoms. The minimum atomic E-state index is -0.300. The number of halogens is 2. The van der Waals surface area contributed by atoms with Crippen LogP contribution < -0.4 is 20.0 Å². The molecule has 4 heteroatoms. The second-order valence-electron chi connectivity index (χ2n) is 7.99. The van der Waals surface area contributed by atoms with Gasteiger partial charge in [-0.05, 0) is 26.4 Å². The standard InChI is InChI=1S/C26H29P.2FH.Zr/c1-6-7-12-27(21-13-23-17(2)8-9-18(3)24(23)14-21)22-15-25-19(4)10-11-20(5)26(25)16-22;;;/h8-11,13-16H,6-7,12H2,1-5H3;2*1H;/q-2;;;+4/p-2. The van der Waals surface area contributed by atoms with Crippen molar-refractivity contribution in [1.82, 2.24) is 0 Å². The summed E-state index contributed by atoms with van der Waals surface area (Å²) in [6, 6.07) is 19.0. The van der Waals surface area contributed by atoms with E-state index in [4.69, 9.17) is 0 Å². The molecule has 0 saturated heterocycles. The van der Waals surface area contributed by atoms with Gasteiger partial charge in [-0.3, -0.25) is 0 Å². The summed E-state index contributed by atoms with van der Waals surface area (Å²) < 4.78 is 0. The van der Waals surface area contributed by atoms with Gasteiger partial charge in [0.1, 0.15) is 0 Å². The first-order chi connectivity index (χ1) is 13.0. The quantitative estimate of drug-likeness (QED) is 0.282. The Labute approximate surface area is 199 Å². The molecular weight excluding hydrogens is 472 g/mol. The van der Waals surface area contributed by atoms with Gasteiger partial charge in [0.2, 0.25) is 0 Å². The van der Waals surface area contributed by atoms with E-state index in [0.29, 0.717) is 0 Å². The Balaban J connectivity index is 0.00000150. The molecule has 0 aliphatic heterocycles. The molecule has 4 aromatic rings. The van der Waals surface area contributed by atoms with E-state index in [2.05, 4.69) is 83.1 Å². The number of hydrogen-bond acceptors (Lipinski definition) is 0. The first-order valence-electron chi connectivity index (χ1n) is 10.1. The van der Waals surface area contributed by atoms with E-state index in [9.17, 15) is 0 Å².